The molecule has 1 aromatic heterocycles. The van der Waals surface area contributed by atoms with E-state index in [0.717, 1.165) is 30.2 Å². The monoisotopic (exact) mass is 398 g/mol. The highest BCUT2D eigenvalue weighted by Crippen LogP contribution is 2.21. The van der Waals surface area contributed by atoms with E-state index >= 15 is 0 Å². The average Bonchev–Trinajstić information content (AvgIpc) is 3.22. The van der Waals surface area contributed by atoms with Crippen LogP contribution in [0.5, 0.6) is 0 Å². The molecule has 3 aromatic rings. The number of hydrogen-bond donors (Lipinski definition) is 2. The van der Waals surface area contributed by atoms with E-state index in [-0.39, 0.29) is 5.91 Å². The lowest BCUT2D eigenvalue weighted by Gasteiger charge is -2.25. The van der Waals surface area contributed by atoms with Gasteiger partial charge in [-0.05, 0) is 36.6 Å². The standard InChI is InChI=1S/C20H22N4O3S/c25-20(18-6-4-5-16-14-22-23-19(16)18)21-13-15-7-9-17(10-8-15)28(26,27)24-11-2-1-3-12-24/h4-10,14H,1-3,11-13H2,(H,21,25)(H,22,23). The number of nitrogens with zero attached hydrogens (tertiary/aromatic N) is 2. The first kappa shape index (κ1) is 18.6. The Kier molecular flexibility index (Phi) is 5.15. The fourth-order valence-corrected chi connectivity index (χ4v) is 4.99. The third-order valence-electron chi connectivity index (χ3n) is 5.05. The molecule has 1 fully saturated rings. The Hall–Kier alpha value is -2.71. The number of nitrogens with one attached hydrogen (secondary N) is 2. The summed E-state index contributed by atoms with van der Waals surface area (Å²) in [5.74, 6) is -0.208. The van der Waals surface area contributed by atoms with E-state index in [1.54, 1.807) is 40.8 Å². The lowest BCUT2D eigenvalue weighted by Crippen LogP contribution is -2.35. The van der Waals surface area contributed by atoms with Crippen LogP contribution in [0.2, 0.25) is 0 Å². The van der Waals surface area contributed by atoms with Gasteiger partial charge in [0.15, 0.2) is 0 Å². The van der Waals surface area contributed by atoms with Crippen LogP contribution in [0.1, 0.15) is 35.2 Å². The maximum Gasteiger partial charge on any atom is 0.253 e. The minimum absolute atomic E-state index is 0.208. The van der Waals surface area contributed by atoms with Crippen LogP contribution in [-0.4, -0.2) is 41.9 Å². The zero-order valence-electron chi connectivity index (χ0n) is 15.4. The summed E-state index contributed by atoms with van der Waals surface area (Å²) in [6.07, 6.45) is 4.57. The number of H-pyrrole nitrogens is 1. The van der Waals surface area contributed by atoms with E-state index < -0.39 is 10.0 Å². The van der Waals surface area contributed by atoms with Crippen LogP contribution in [0, 0.1) is 0 Å². The summed E-state index contributed by atoms with van der Waals surface area (Å²) >= 11 is 0. The van der Waals surface area contributed by atoms with Gasteiger partial charge in [-0.25, -0.2) is 8.42 Å². The Morgan fingerprint density at radius 2 is 1.82 bits per heavy atom. The molecule has 7 nitrogen and oxygen atoms in total. The van der Waals surface area contributed by atoms with Gasteiger partial charge < -0.3 is 5.32 Å². The van der Waals surface area contributed by atoms with Crippen molar-refractivity contribution < 1.29 is 13.2 Å². The lowest BCUT2D eigenvalue weighted by molar-refractivity contribution is 0.0952. The zero-order chi connectivity index (χ0) is 19.6. The molecule has 8 heteroatoms. The van der Waals surface area contributed by atoms with E-state index in [9.17, 15) is 13.2 Å². The molecule has 0 aliphatic carbocycles. The number of fused-ring (bicyclic) bond motifs is 1. The first-order valence-corrected chi connectivity index (χ1v) is 10.8. The van der Waals surface area contributed by atoms with Crippen molar-refractivity contribution in [2.45, 2.75) is 30.7 Å². The van der Waals surface area contributed by atoms with Crippen molar-refractivity contribution in [2.75, 3.05) is 13.1 Å². The number of sulfonamides is 1. The van der Waals surface area contributed by atoms with Crippen molar-refractivity contribution >= 4 is 26.8 Å². The van der Waals surface area contributed by atoms with Gasteiger partial charge >= 0.3 is 0 Å². The molecule has 0 radical (unpaired) electrons. The van der Waals surface area contributed by atoms with Gasteiger partial charge in [0.1, 0.15) is 0 Å². The summed E-state index contributed by atoms with van der Waals surface area (Å²) in [7, 11) is -3.44. The van der Waals surface area contributed by atoms with Gasteiger partial charge in [0.25, 0.3) is 5.91 Å². The quantitative estimate of drug-likeness (QED) is 0.691. The number of para-hydroxylation sites is 1. The van der Waals surface area contributed by atoms with Gasteiger partial charge in [0.05, 0.1) is 22.2 Å². The number of carbonyl (C=O) groups excluding carboxylic acids is 1. The normalized spacial score (nSPS) is 15.6. The van der Waals surface area contributed by atoms with Crippen LogP contribution in [-0.2, 0) is 16.6 Å². The molecule has 2 N–H and O–H groups in total. The van der Waals surface area contributed by atoms with Crippen molar-refractivity contribution in [3.63, 3.8) is 0 Å². The average molecular weight is 398 g/mol. The van der Waals surface area contributed by atoms with Crippen LogP contribution in [0.15, 0.2) is 53.6 Å². The van der Waals surface area contributed by atoms with Crippen molar-refractivity contribution in [3.05, 3.63) is 59.8 Å². The molecule has 28 heavy (non-hydrogen) atoms. The molecule has 1 saturated heterocycles. The zero-order valence-corrected chi connectivity index (χ0v) is 16.2. The maximum atomic E-state index is 12.7. The molecule has 0 bridgehead atoms. The molecule has 0 spiro atoms. The van der Waals surface area contributed by atoms with Gasteiger partial charge in [-0.3, -0.25) is 9.89 Å². The fourth-order valence-electron chi connectivity index (χ4n) is 3.47. The minimum Gasteiger partial charge on any atom is -0.348 e. The number of carbonyl (C=O) groups is 1. The van der Waals surface area contributed by atoms with E-state index in [2.05, 4.69) is 15.5 Å². The van der Waals surface area contributed by atoms with Crippen molar-refractivity contribution in [1.29, 1.82) is 0 Å². The summed E-state index contributed by atoms with van der Waals surface area (Å²) in [6, 6.07) is 12.2. The number of aromatic amines is 1. The van der Waals surface area contributed by atoms with Crippen molar-refractivity contribution in [3.8, 4) is 0 Å². The lowest BCUT2D eigenvalue weighted by atomic mass is 10.1. The molecule has 2 heterocycles. The third-order valence-corrected chi connectivity index (χ3v) is 6.96. The van der Waals surface area contributed by atoms with Crippen LogP contribution in [0.4, 0.5) is 0 Å². The van der Waals surface area contributed by atoms with Gasteiger partial charge in [0.2, 0.25) is 10.0 Å². The van der Waals surface area contributed by atoms with E-state index in [1.807, 2.05) is 12.1 Å². The topological polar surface area (TPSA) is 95.2 Å². The Morgan fingerprint density at radius 1 is 1.07 bits per heavy atom. The summed E-state index contributed by atoms with van der Waals surface area (Å²) in [4.78, 5) is 12.8. The molecule has 146 valence electrons. The van der Waals surface area contributed by atoms with E-state index in [1.165, 1.54) is 0 Å². The molecule has 1 amide bonds. The Morgan fingerprint density at radius 3 is 2.57 bits per heavy atom. The van der Waals surface area contributed by atoms with E-state index in [0.29, 0.717) is 35.6 Å². The van der Waals surface area contributed by atoms with E-state index in [4.69, 9.17) is 0 Å². The molecular weight excluding hydrogens is 376 g/mol. The largest absolute Gasteiger partial charge is 0.348 e. The number of piperidine rings is 1. The van der Waals surface area contributed by atoms with Gasteiger partial charge in [0, 0.05) is 25.0 Å². The molecular formula is C20H22N4O3S. The summed E-state index contributed by atoms with van der Waals surface area (Å²) < 4.78 is 26.9. The SMILES string of the molecule is O=C(NCc1ccc(S(=O)(=O)N2CCCCC2)cc1)c1cccc2cn[nH]c12. The maximum absolute atomic E-state index is 12.7. The van der Waals surface area contributed by atoms with Gasteiger partial charge in [-0.15, -0.1) is 0 Å². The highest BCUT2D eigenvalue weighted by atomic mass is 32.2. The predicted molar refractivity (Wildman–Crippen MR) is 106 cm³/mol. The molecule has 1 aliphatic heterocycles. The fraction of sp³-hybridized carbons (Fsp3) is 0.300. The summed E-state index contributed by atoms with van der Waals surface area (Å²) in [5.41, 5.74) is 2.06. The Bertz CT molecular complexity index is 1080. The predicted octanol–water partition coefficient (Wildman–Crippen LogP) is 2.67. The third kappa shape index (κ3) is 3.65. The van der Waals surface area contributed by atoms with Gasteiger partial charge in [-0.2, -0.15) is 9.40 Å². The summed E-state index contributed by atoms with van der Waals surface area (Å²) in [6.45, 7) is 1.48. The van der Waals surface area contributed by atoms with Crippen molar-refractivity contribution in [1.82, 2.24) is 19.8 Å². The number of rotatable bonds is 5. The van der Waals surface area contributed by atoms with Crippen LogP contribution in [0.3, 0.4) is 0 Å². The second-order valence-corrected chi connectivity index (χ2v) is 8.87. The second-order valence-electron chi connectivity index (χ2n) is 6.93. The highest BCUT2D eigenvalue weighted by molar-refractivity contribution is 7.89. The smallest absolute Gasteiger partial charge is 0.253 e. The van der Waals surface area contributed by atoms with Crippen molar-refractivity contribution in [2.24, 2.45) is 0 Å². The number of hydrogen-bond acceptors (Lipinski definition) is 4. The van der Waals surface area contributed by atoms with Crippen LogP contribution >= 0.6 is 0 Å². The first-order valence-electron chi connectivity index (χ1n) is 9.35. The molecule has 0 unspecified atom stereocenters. The van der Waals surface area contributed by atoms with Crippen LogP contribution < -0.4 is 5.32 Å². The first-order chi connectivity index (χ1) is 13.6. The summed E-state index contributed by atoms with van der Waals surface area (Å²) in [5, 5.41) is 10.6. The molecule has 1 aliphatic rings. The number of amides is 1. The Labute approximate surface area is 163 Å². The Balaban J connectivity index is 1.43. The molecule has 0 saturated carbocycles. The van der Waals surface area contributed by atoms with Crippen LogP contribution in [0.25, 0.3) is 10.9 Å². The second kappa shape index (κ2) is 7.73. The minimum atomic E-state index is -3.44. The number of aromatic nitrogens is 2. The van der Waals surface area contributed by atoms with Gasteiger partial charge in [-0.1, -0.05) is 30.7 Å². The molecule has 0 atom stereocenters. The number of benzene rings is 2. The molecule has 4 rings (SSSR count). The highest BCUT2D eigenvalue weighted by Gasteiger charge is 2.25. The molecule has 2 aromatic carbocycles.